The Bertz CT molecular complexity index is 600. The fourth-order valence-corrected chi connectivity index (χ4v) is 3.08. The van der Waals surface area contributed by atoms with Crippen molar-refractivity contribution < 1.29 is 27.2 Å². The van der Waals surface area contributed by atoms with Crippen molar-refractivity contribution in [2.45, 2.75) is 44.3 Å². The third-order valence-corrected chi connectivity index (χ3v) is 4.46. The summed E-state index contributed by atoms with van der Waals surface area (Å²) < 4.78 is 42.9. The van der Waals surface area contributed by atoms with Gasteiger partial charge in [0.15, 0.2) is 12.1 Å². The SMILES string of the molecule is O=C(CCl)NCC(NC(=O)c1ncoc1C(F)(F)F)C1CCCCC1. The first-order valence-electron chi connectivity index (χ1n) is 7.97. The summed E-state index contributed by atoms with van der Waals surface area (Å²) in [4.78, 5) is 27.0. The predicted molar refractivity (Wildman–Crippen MR) is 83.1 cm³/mol. The molecule has 1 aliphatic carbocycles. The highest BCUT2D eigenvalue weighted by Crippen LogP contribution is 2.32. The van der Waals surface area contributed by atoms with Crippen LogP contribution in [-0.2, 0) is 11.0 Å². The molecule has 1 aromatic rings. The van der Waals surface area contributed by atoms with Crippen molar-refractivity contribution in [3.8, 4) is 0 Å². The van der Waals surface area contributed by atoms with Gasteiger partial charge in [0.25, 0.3) is 5.91 Å². The topological polar surface area (TPSA) is 84.2 Å². The zero-order valence-electron chi connectivity index (χ0n) is 13.4. The lowest BCUT2D eigenvalue weighted by molar-refractivity contribution is -0.153. The molecule has 1 saturated carbocycles. The van der Waals surface area contributed by atoms with Gasteiger partial charge >= 0.3 is 6.18 Å². The van der Waals surface area contributed by atoms with Gasteiger partial charge in [-0.3, -0.25) is 9.59 Å². The molecule has 2 N–H and O–H groups in total. The Morgan fingerprint density at radius 1 is 1.32 bits per heavy atom. The van der Waals surface area contributed by atoms with Gasteiger partial charge in [0.05, 0.1) is 0 Å². The smallest absolute Gasteiger partial charge is 0.438 e. The number of amides is 2. The minimum atomic E-state index is -4.81. The molecule has 2 rings (SSSR count). The van der Waals surface area contributed by atoms with Gasteiger partial charge in [-0.2, -0.15) is 13.2 Å². The standard InChI is InChI=1S/C15H19ClF3N3O3/c16-6-11(23)20-7-10(9-4-2-1-3-5-9)22-14(24)12-13(15(17,18)19)25-8-21-12/h8-10H,1-7H2,(H,20,23)(H,22,24). The summed E-state index contributed by atoms with van der Waals surface area (Å²) in [6, 6.07) is -0.502. The lowest BCUT2D eigenvalue weighted by Crippen LogP contribution is -2.49. The first-order chi connectivity index (χ1) is 11.8. The monoisotopic (exact) mass is 381 g/mol. The summed E-state index contributed by atoms with van der Waals surface area (Å²) in [5.41, 5.74) is -0.808. The van der Waals surface area contributed by atoms with Crippen LogP contribution in [0.3, 0.4) is 0 Å². The van der Waals surface area contributed by atoms with Crippen molar-refractivity contribution in [3.05, 3.63) is 17.8 Å². The fraction of sp³-hybridized carbons (Fsp3) is 0.667. The lowest BCUT2D eigenvalue weighted by atomic mass is 9.83. The first-order valence-corrected chi connectivity index (χ1v) is 8.50. The number of hydrogen-bond acceptors (Lipinski definition) is 4. The zero-order valence-corrected chi connectivity index (χ0v) is 14.1. The third-order valence-electron chi connectivity index (χ3n) is 4.22. The van der Waals surface area contributed by atoms with E-state index >= 15 is 0 Å². The van der Waals surface area contributed by atoms with Crippen molar-refractivity contribution in [3.63, 3.8) is 0 Å². The molecule has 2 amide bonds. The number of carbonyl (C=O) groups is 2. The summed E-state index contributed by atoms with van der Waals surface area (Å²) in [5, 5.41) is 5.14. The number of hydrogen-bond donors (Lipinski definition) is 2. The average Bonchev–Trinajstić information content (AvgIpc) is 3.09. The van der Waals surface area contributed by atoms with E-state index in [4.69, 9.17) is 11.6 Å². The molecular formula is C15H19ClF3N3O3. The quantitative estimate of drug-likeness (QED) is 0.742. The molecule has 1 atom stereocenters. The van der Waals surface area contributed by atoms with Crippen LogP contribution < -0.4 is 10.6 Å². The fourth-order valence-electron chi connectivity index (χ4n) is 2.99. The van der Waals surface area contributed by atoms with Crippen LogP contribution in [0.5, 0.6) is 0 Å². The Kier molecular flexibility index (Phi) is 6.69. The number of alkyl halides is 4. The molecule has 0 aromatic carbocycles. The van der Waals surface area contributed by atoms with E-state index in [1.165, 1.54) is 0 Å². The van der Waals surface area contributed by atoms with E-state index in [1.807, 2.05) is 0 Å². The molecule has 0 saturated heterocycles. The number of aromatic nitrogens is 1. The van der Waals surface area contributed by atoms with Crippen molar-refractivity contribution in [2.75, 3.05) is 12.4 Å². The molecule has 1 unspecified atom stereocenters. The van der Waals surface area contributed by atoms with Gasteiger partial charge < -0.3 is 15.1 Å². The summed E-state index contributed by atoms with van der Waals surface area (Å²) >= 11 is 5.43. The summed E-state index contributed by atoms with van der Waals surface area (Å²) in [5.74, 6) is -2.98. The Morgan fingerprint density at radius 2 is 2.00 bits per heavy atom. The van der Waals surface area contributed by atoms with Crippen molar-refractivity contribution in [1.29, 1.82) is 0 Å². The van der Waals surface area contributed by atoms with Gasteiger partial charge in [-0.1, -0.05) is 19.3 Å². The van der Waals surface area contributed by atoms with Gasteiger partial charge in [0.2, 0.25) is 11.7 Å². The number of nitrogens with zero attached hydrogens (tertiary/aromatic N) is 1. The lowest BCUT2D eigenvalue weighted by Gasteiger charge is -2.31. The molecule has 0 bridgehead atoms. The van der Waals surface area contributed by atoms with E-state index in [-0.39, 0.29) is 18.3 Å². The van der Waals surface area contributed by atoms with Crippen molar-refractivity contribution in [2.24, 2.45) is 5.92 Å². The van der Waals surface area contributed by atoms with Crippen LogP contribution >= 0.6 is 11.6 Å². The minimum absolute atomic E-state index is 0.0644. The van der Waals surface area contributed by atoms with Crippen LogP contribution in [0.2, 0.25) is 0 Å². The molecule has 1 aromatic heterocycles. The average molecular weight is 382 g/mol. The Hall–Kier alpha value is -1.77. The van der Waals surface area contributed by atoms with Crippen LogP contribution in [-0.4, -0.2) is 35.3 Å². The first kappa shape index (κ1) is 19.6. The number of rotatable bonds is 6. The largest absolute Gasteiger partial charge is 0.452 e. The Balaban J connectivity index is 2.10. The van der Waals surface area contributed by atoms with E-state index < -0.39 is 35.5 Å². The summed E-state index contributed by atoms with van der Waals surface area (Å²) in [7, 11) is 0. The minimum Gasteiger partial charge on any atom is -0.438 e. The van der Waals surface area contributed by atoms with Gasteiger partial charge in [0, 0.05) is 12.6 Å². The highest BCUT2D eigenvalue weighted by atomic mass is 35.5. The van der Waals surface area contributed by atoms with E-state index in [9.17, 15) is 22.8 Å². The highest BCUT2D eigenvalue weighted by Gasteiger charge is 2.41. The van der Waals surface area contributed by atoms with Gasteiger partial charge in [0.1, 0.15) is 5.88 Å². The molecule has 6 nitrogen and oxygen atoms in total. The third kappa shape index (κ3) is 5.35. The summed E-state index contributed by atoms with van der Waals surface area (Å²) in [6.45, 7) is 0.0984. The normalized spacial score (nSPS) is 17.1. The number of halogens is 4. The van der Waals surface area contributed by atoms with Crippen LogP contribution in [0.25, 0.3) is 0 Å². The van der Waals surface area contributed by atoms with Crippen LogP contribution in [0.1, 0.15) is 48.4 Å². The van der Waals surface area contributed by atoms with E-state index in [0.717, 1.165) is 32.1 Å². The maximum absolute atomic E-state index is 12.8. The Morgan fingerprint density at radius 3 is 2.60 bits per heavy atom. The van der Waals surface area contributed by atoms with Gasteiger partial charge in [-0.15, -0.1) is 11.6 Å². The van der Waals surface area contributed by atoms with Crippen LogP contribution in [0.4, 0.5) is 13.2 Å². The number of nitrogens with one attached hydrogen (secondary N) is 2. The van der Waals surface area contributed by atoms with Crippen LogP contribution in [0, 0.1) is 5.92 Å². The maximum atomic E-state index is 12.8. The molecule has 0 radical (unpaired) electrons. The molecule has 25 heavy (non-hydrogen) atoms. The number of carbonyl (C=O) groups excluding carboxylic acids is 2. The van der Waals surface area contributed by atoms with Crippen LogP contribution in [0.15, 0.2) is 10.8 Å². The second-order valence-electron chi connectivity index (χ2n) is 5.94. The van der Waals surface area contributed by atoms with E-state index in [2.05, 4.69) is 20.0 Å². The molecule has 1 aliphatic rings. The van der Waals surface area contributed by atoms with Gasteiger partial charge in [-0.25, -0.2) is 4.98 Å². The predicted octanol–water partition coefficient (Wildman–Crippen LogP) is 2.73. The molecule has 0 spiro atoms. The molecule has 140 valence electrons. The second-order valence-corrected chi connectivity index (χ2v) is 6.21. The molecule has 0 aliphatic heterocycles. The molecular weight excluding hydrogens is 363 g/mol. The highest BCUT2D eigenvalue weighted by molar-refractivity contribution is 6.27. The summed E-state index contributed by atoms with van der Waals surface area (Å²) in [6.07, 6.45) is 0.446. The second kappa shape index (κ2) is 8.55. The Labute approximate surface area is 147 Å². The van der Waals surface area contributed by atoms with Crippen molar-refractivity contribution in [1.82, 2.24) is 15.6 Å². The number of oxazole rings is 1. The van der Waals surface area contributed by atoms with E-state index in [0.29, 0.717) is 6.39 Å². The molecule has 1 fully saturated rings. The van der Waals surface area contributed by atoms with Crippen molar-refractivity contribution >= 4 is 23.4 Å². The molecule has 10 heteroatoms. The molecule has 1 heterocycles. The maximum Gasteiger partial charge on any atom is 0.452 e. The zero-order chi connectivity index (χ0) is 18.4. The van der Waals surface area contributed by atoms with E-state index in [1.54, 1.807) is 0 Å². The van der Waals surface area contributed by atoms with Gasteiger partial charge in [-0.05, 0) is 18.8 Å².